The molecule has 120 valence electrons. The van der Waals surface area contributed by atoms with E-state index in [1.54, 1.807) is 30.3 Å². The van der Waals surface area contributed by atoms with Gasteiger partial charge in [0.1, 0.15) is 17.5 Å². The van der Waals surface area contributed by atoms with Crippen molar-refractivity contribution in [2.24, 2.45) is 0 Å². The third-order valence-corrected chi connectivity index (χ3v) is 3.10. The van der Waals surface area contributed by atoms with Gasteiger partial charge in [0.25, 0.3) is 5.91 Å². The summed E-state index contributed by atoms with van der Waals surface area (Å²) in [5.41, 5.74) is 1.08. The summed E-state index contributed by atoms with van der Waals surface area (Å²) in [5.74, 6) is -1.20. The number of carbonyl (C=O) groups is 2. The van der Waals surface area contributed by atoms with Gasteiger partial charge in [0.15, 0.2) is 5.78 Å². The molecule has 24 heavy (non-hydrogen) atoms. The fourth-order valence-corrected chi connectivity index (χ4v) is 1.90. The molecule has 0 saturated carbocycles. The quantitative estimate of drug-likeness (QED) is 0.501. The first kappa shape index (κ1) is 16.9. The number of ketones is 1. The number of nitrogens with zero attached hydrogens (tertiary/aromatic N) is 1. The molecule has 0 aliphatic carbocycles. The first-order valence-electron chi connectivity index (χ1n) is 7.04. The molecule has 0 bridgehead atoms. The van der Waals surface area contributed by atoms with Crippen LogP contribution >= 0.6 is 0 Å². The molecule has 0 saturated heterocycles. The van der Waals surface area contributed by atoms with Crippen LogP contribution in [0.5, 0.6) is 0 Å². The maximum Gasteiger partial charge on any atom is 0.267 e. The van der Waals surface area contributed by atoms with Crippen LogP contribution in [-0.4, -0.2) is 11.7 Å². The van der Waals surface area contributed by atoms with E-state index in [0.29, 0.717) is 16.9 Å². The average Bonchev–Trinajstić information content (AvgIpc) is 2.55. The molecule has 0 aliphatic heterocycles. The van der Waals surface area contributed by atoms with Crippen LogP contribution in [0.1, 0.15) is 17.3 Å². The Bertz CT molecular complexity index is 853. The van der Waals surface area contributed by atoms with E-state index in [2.05, 4.69) is 10.6 Å². The highest BCUT2D eigenvalue weighted by molar-refractivity contribution is 6.07. The molecule has 1 amide bonds. The van der Waals surface area contributed by atoms with Crippen molar-refractivity contribution in [1.29, 1.82) is 5.26 Å². The lowest BCUT2D eigenvalue weighted by atomic mass is 10.1. The number of hydrogen-bond acceptors (Lipinski definition) is 4. The monoisotopic (exact) mass is 323 g/mol. The minimum atomic E-state index is -0.637. The van der Waals surface area contributed by atoms with Crippen LogP contribution in [0, 0.1) is 17.1 Å². The number of hydrogen-bond donors (Lipinski definition) is 2. The molecule has 2 aromatic rings. The summed E-state index contributed by atoms with van der Waals surface area (Å²) < 4.78 is 13.1. The summed E-state index contributed by atoms with van der Waals surface area (Å²) in [6, 6.07) is 13.8. The number of Topliss-reactive ketones (excluding diaryl/α,β-unsaturated/α-hetero) is 1. The molecular weight excluding hydrogens is 309 g/mol. The highest BCUT2D eigenvalue weighted by Gasteiger charge is 2.10. The lowest BCUT2D eigenvalue weighted by molar-refractivity contribution is -0.112. The lowest BCUT2D eigenvalue weighted by Gasteiger charge is -2.06. The molecule has 0 fully saturated rings. The number of amides is 1. The second kappa shape index (κ2) is 7.70. The Labute approximate surface area is 138 Å². The van der Waals surface area contributed by atoms with Crippen LogP contribution in [0.3, 0.4) is 0 Å². The van der Waals surface area contributed by atoms with Gasteiger partial charge in [-0.25, -0.2) is 4.39 Å². The van der Waals surface area contributed by atoms with Gasteiger partial charge < -0.3 is 10.6 Å². The van der Waals surface area contributed by atoms with E-state index in [9.17, 15) is 14.0 Å². The second-order valence-corrected chi connectivity index (χ2v) is 4.92. The summed E-state index contributed by atoms with van der Waals surface area (Å²) in [7, 11) is 0. The normalized spacial score (nSPS) is 10.6. The first-order valence-corrected chi connectivity index (χ1v) is 7.04. The molecule has 2 N–H and O–H groups in total. The fraction of sp³-hybridized carbons (Fsp3) is 0.0556. The first-order chi connectivity index (χ1) is 11.5. The molecule has 0 aliphatic rings. The van der Waals surface area contributed by atoms with Crippen molar-refractivity contribution in [3.8, 4) is 6.07 Å². The predicted octanol–water partition coefficient (Wildman–Crippen LogP) is 3.49. The van der Waals surface area contributed by atoms with Crippen molar-refractivity contribution in [2.75, 3.05) is 10.6 Å². The lowest BCUT2D eigenvalue weighted by Crippen LogP contribution is -2.14. The minimum Gasteiger partial charge on any atom is -0.360 e. The van der Waals surface area contributed by atoms with Gasteiger partial charge in [0, 0.05) is 23.1 Å². The standard InChI is InChI=1S/C18H14FN3O2/c1-12(23)13-4-2-7-17(8-13)22-18(24)14(10-20)11-21-16-6-3-5-15(19)9-16/h2-9,11,21H,1H3,(H,22,24)/b14-11-. The van der Waals surface area contributed by atoms with E-state index in [1.807, 2.05) is 0 Å². The van der Waals surface area contributed by atoms with Crippen molar-refractivity contribution in [1.82, 2.24) is 0 Å². The SMILES string of the molecule is CC(=O)c1cccc(NC(=O)/C(C#N)=C\Nc2cccc(F)c2)c1. The smallest absolute Gasteiger partial charge is 0.267 e. The van der Waals surface area contributed by atoms with E-state index in [4.69, 9.17) is 5.26 Å². The average molecular weight is 323 g/mol. The van der Waals surface area contributed by atoms with E-state index >= 15 is 0 Å². The molecule has 0 heterocycles. The number of carbonyl (C=O) groups excluding carboxylic acids is 2. The van der Waals surface area contributed by atoms with Gasteiger partial charge in [-0.2, -0.15) is 5.26 Å². The summed E-state index contributed by atoms with van der Waals surface area (Å²) >= 11 is 0. The Morgan fingerprint density at radius 2 is 1.83 bits per heavy atom. The van der Waals surface area contributed by atoms with Crippen molar-refractivity contribution in [3.63, 3.8) is 0 Å². The number of rotatable bonds is 5. The maximum atomic E-state index is 13.1. The van der Waals surface area contributed by atoms with Crippen LogP contribution < -0.4 is 10.6 Å². The van der Waals surface area contributed by atoms with Crippen LogP contribution in [-0.2, 0) is 4.79 Å². The Balaban J connectivity index is 2.11. The Morgan fingerprint density at radius 1 is 1.12 bits per heavy atom. The van der Waals surface area contributed by atoms with Crippen molar-refractivity contribution >= 4 is 23.1 Å². The van der Waals surface area contributed by atoms with Gasteiger partial charge in [0.2, 0.25) is 0 Å². The van der Waals surface area contributed by atoms with E-state index in [0.717, 1.165) is 0 Å². The van der Waals surface area contributed by atoms with Gasteiger partial charge in [0.05, 0.1) is 0 Å². The molecule has 0 unspecified atom stereocenters. The number of nitriles is 1. The number of halogens is 1. The molecule has 5 nitrogen and oxygen atoms in total. The van der Waals surface area contributed by atoms with E-state index in [-0.39, 0.29) is 11.4 Å². The van der Waals surface area contributed by atoms with Crippen molar-refractivity contribution in [2.45, 2.75) is 6.92 Å². The zero-order valence-corrected chi connectivity index (χ0v) is 12.8. The molecule has 6 heteroatoms. The highest BCUT2D eigenvalue weighted by Crippen LogP contribution is 2.13. The molecule has 0 aromatic heterocycles. The third kappa shape index (κ3) is 4.52. The highest BCUT2D eigenvalue weighted by atomic mass is 19.1. The Kier molecular flexibility index (Phi) is 5.42. The number of anilines is 2. The Morgan fingerprint density at radius 3 is 2.50 bits per heavy atom. The summed E-state index contributed by atoms with van der Waals surface area (Å²) in [4.78, 5) is 23.5. The predicted molar refractivity (Wildman–Crippen MR) is 88.8 cm³/mol. The molecule has 2 aromatic carbocycles. The zero-order valence-electron chi connectivity index (χ0n) is 12.8. The van der Waals surface area contributed by atoms with E-state index < -0.39 is 11.7 Å². The minimum absolute atomic E-state index is 0.130. The largest absolute Gasteiger partial charge is 0.360 e. The molecular formula is C18H14FN3O2. The zero-order chi connectivity index (χ0) is 17.5. The van der Waals surface area contributed by atoms with Gasteiger partial charge in [-0.05, 0) is 37.3 Å². The summed E-state index contributed by atoms with van der Waals surface area (Å²) in [6.45, 7) is 1.42. The third-order valence-electron chi connectivity index (χ3n) is 3.10. The second-order valence-electron chi connectivity index (χ2n) is 4.92. The van der Waals surface area contributed by atoms with Crippen LogP contribution in [0.15, 0.2) is 60.3 Å². The molecule has 0 atom stereocenters. The van der Waals surface area contributed by atoms with Crippen molar-refractivity contribution in [3.05, 3.63) is 71.7 Å². The van der Waals surface area contributed by atoms with E-state index in [1.165, 1.54) is 37.4 Å². The summed E-state index contributed by atoms with van der Waals surface area (Å²) in [5, 5.41) is 14.3. The van der Waals surface area contributed by atoms with Gasteiger partial charge in [-0.3, -0.25) is 9.59 Å². The fourth-order valence-electron chi connectivity index (χ4n) is 1.90. The molecule has 0 spiro atoms. The number of nitrogens with one attached hydrogen (secondary N) is 2. The van der Waals surface area contributed by atoms with Crippen molar-refractivity contribution < 1.29 is 14.0 Å². The number of benzene rings is 2. The topological polar surface area (TPSA) is 82.0 Å². The maximum absolute atomic E-state index is 13.1. The van der Waals surface area contributed by atoms with Crippen LogP contribution in [0.4, 0.5) is 15.8 Å². The summed E-state index contributed by atoms with van der Waals surface area (Å²) in [6.07, 6.45) is 1.19. The van der Waals surface area contributed by atoms with Crippen LogP contribution in [0.2, 0.25) is 0 Å². The molecule has 2 rings (SSSR count). The Hall–Kier alpha value is -3.46. The van der Waals surface area contributed by atoms with Gasteiger partial charge in [-0.1, -0.05) is 18.2 Å². The van der Waals surface area contributed by atoms with Gasteiger partial charge in [-0.15, -0.1) is 0 Å². The van der Waals surface area contributed by atoms with Crippen LogP contribution in [0.25, 0.3) is 0 Å². The van der Waals surface area contributed by atoms with Gasteiger partial charge >= 0.3 is 0 Å². The molecule has 0 radical (unpaired) electrons.